The first-order valence-electron chi connectivity index (χ1n) is 5.28. The summed E-state index contributed by atoms with van der Waals surface area (Å²) >= 11 is 0. The molecular formula is C11H24O2. The number of carbonyl (C=O) groups excluding carboxylic acids is 1. The van der Waals surface area contributed by atoms with Gasteiger partial charge in [0, 0.05) is 13.2 Å². The molecule has 0 aliphatic heterocycles. The number of ether oxygens (including phenoxy) is 1. The van der Waals surface area contributed by atoms with Crippen LogP contribution in [0.2, 0.25) is 0 Å². The van der Waals surface area contributed by atoms with Crippen LogP contribution in [-0.2, 0) is 9.53 Å². The van der Waals surface area contributed by atoms with E-state index in [2.05, 4.69) is 13.8 Å². The molecule has 0 unspecified atom stereocenters. The smallest absolute Gasteiger partial charge is 0.106 e. The van der Waals surface area contributed by atoms with Crippen LogP contribution < -0.4 is 0 Å². The quantitative estimate of drug-likeness (QED) is 0.547. The molecule has 0 heterocycles. The lowest BCUT2D eigenvalue weighted by molar-refractivity contribution is -0.0979. The van der Waals surface area contributed by atoms with Gasteiger partial charge in [-0.05, 0) is 12.8 Å². The average molecular weight is 188 g/mol. The molecule has 0 rings (SSSR count). The van der Waals surface area contributed by atoms with Crippen molar-refractivity contribution >= 4 is 6.79 Å². The molecule has 0 atom stereocenters. The second-order valence-corrected chi connectivity index (χ2v) is 3.03. The van der Waals surface area contributed by atoms with Crippen LogP contribution in [0.5, 0.6) is 0 Å². The van der Waals surface area contributed by atoms with Gasteiger partial charge in [0.25, 0.3) is 0 Å². The first-order chi connectivity index (χ1) is 6.41. The highest BCUT2D eigenvalue weighted by molar-refractivity contribution is 5.10. The van der Waals surface area contributed by atoms with Gasteiger partial charge in [-0.2, -0.15) is 0 Å². The molecule has 0 saturated heterocycles. The largest absolute Gasteiger partial charge is 0.381 e. The van der Waals surface area contributed by atoms with E-state index in [4.69, 9.17) is 9.53 Å². The van der Waals surface area contributed by atoms with Crippen LogP contribution in [0.25, 0.3) is 0 Å². The number of carbonyl (C=O) groups is 1. The molecule has 13 heavy (non-hydrogen) atoms. The Hall–Kier alpha value is -0.370. The van der Waals surface area contributed by atoms with E-state index in [9.17, 15) is 0 Å². The van der Waals surface area contributed by atoms with E-state index in [1.807, 2.05) is 6.79 Å². The highest BCUT2D eigenvalue weighted by Gasteiger charge is 1.88. The second-order valence-electron chi connectivity index (χ2n) is 3.03. The Bertz CT molecular complexity index is 66.5. The maximum absolute atomic E-state index is 8.00. The zero-order valence-corrected chi connectivity index (χ0v) is 9.18. The second kappa shape index (κ2) is 17.6. The van der Waals surface area contributed by atoms with Crippen molar-refractivity contribution in [3.8, 4) is 0 Å². The molecule has 0 aliphatic rings. The zero-order chi connectivity index (χ0) is 10.4. The van der Waals surface area contributed by atoms with Crippen LogP contribution in [0.3, 0.4) is 0 Å². The van der Waals surface area contributed by atoms with Gasteiger partial charge in [-0.25, -0.2) is 0 Å². The molecule has 0 fully saturated rings. The predicted octanol–water partition coefficient (Wildman–Crippen LogP) is 3.20. The van der Waals surface area contributed by atoms with Crippen LogP contribution in [0, 0.1) is 0 Å². The van der Waals surface area contributed by atoms with E-state index in [1.165, 1.54) is 38.5 Å². The van der Waals surface area contributed by atoms with Gasteiger partial charge in [0.2, 0.25) is 0 Å². The van der Waals surface area contributed by atoms with Gasteiger partial charge in [0.05, 0.1) is 0 Å². The molecular weight excluding hydrogens is 164 g/mol. The van der Waals surface area contributed by atoms with Crippen LogP contribution >= 0.6 is 0 Å². The molecule has 0 spiro atoms. The fourth-order valence-corrected chi connectivity index (χ4v) is 1.01. The van der Waals surface area contributed by atoms with Gasteiger partial charge < -0.3 is 9.53 Å². The molecule has 80 valence electrons. The first kappa shape index (κ1) is 15.1. The van der Waals surface area contributed by atoms with Gasteiger partial charge in [-0.15, -0.1) is 0 Å². The van der Waals surface area contributed by atoms with Crippen molar-refractivity contribution in [2.75, 3.05) is 13.2 Å². The third-order valence-electron chi connectivity index (χ3n) is 1.78. The van der Waals surface area contributed by atoms with Gasteiger partial charge >= 0.3 is 0 Å². The van der Waals surface area contributed by atoms with Crippen LogP contribution in [0.1, 0.15) is 52.4 Å². The Kier molecular flexibility index (Phi) is 20.5. The van der Waals surface area contributed by atoms with Crippen LogP contribution in [0.15, 0.2) is 0 Å². The van der Waals surface area contributed by atoms with E-state index in [1.54, 1.807) is 0 Å². The fraction of sp³-hybridized carbons (Fsp3) is 0.909. The zero-order valence-electron chi connectivity index (χ0n) is 9.18. The third-order valence-corrected chi connectivity index (χ3v) is 1.78. The van der Waals surface area contributed by atoms with E-state index in [0.717, 1.165) is 13.2 Å². The third kappa shape index (κ3) is 18.5. The monoisotopic (exact) mass is 188 g/mol. The fourth-order valence-electron chi connectivity index (χ4n) is 1.01. The molecule has 2 nitrogen and oxygen atoms in total. The predicted molar refractivity (Wildman–Crippen MR) is 57.0 cm³/mol. The molecule has 0 radical (unpaired) electrons. The van der Waals surface area contributed by atoms with Gasteiger partial charge in [-0.1, -0.05) is 39.5 Å². The summed E-state index contributed by atoms with van der Waals surface area (Å²) in [5.74, 6) is 0. The summed E-state index contributed by atoms with van der Waals surface area (Å²) in [7, 11) is 0. The maximum Gasteiger partial charge on any atom is 0.106 e. The molecule has 0 bridgehead atoms. The van der Waals surface area contributed by atoms with Gasteiger partial charge in [0.15, 0.2) is 0 Å². The molecule has 0 saturated carbocycles. The standard InChI is InChI=1S/C10H22O.CH2O/c1-3-5-7-9-11-10-8-6-4-2;1-2/h3-10H2,1-2H3;1H2. The highest BCUT2D eigenvalue weighted by atomic mass is 16.5. The number of rotatable bonds is 8. The minimum absolute atomic E-state index is 0.970. The summed E-state index contributed by atoms with van der Waals surface area (Å²) in [4.78, 5) is 8.00. The lowest BCUT2D eigenvalue weighted by atomic mass is 10.2. The summed E-state index contributed by atoms with van der Waals surface area (Å²) in [6.45, 7) is 8.38. The molecule has 0 aromatic carbocycles. The van der Waals surface area contributed by atoms with Crippen molar-refractivity contribution < 1.29 is 9.53 Å². The Morgan fingerprint density at radius 3 is 1.54 bits per heavy atom. The Morgan fingerprint density at radius 2 is 1.23 bits per heavy atom. The van der Waals surface area contributed by atoms with Crippen molar-refractivity contribution in [1.29, 1.82) is 0 Å². The number of hydrogen-bond acceptors (Lipinski definition) is 2. The Balaban J connectivity index is 0. The van der Waals surface area contributed by atoms with E-state index < -0.39 is 0 Å². The van der Waals surface area contributed by atoms with Gasteiger partial charge in [-0.3, -0.25) is 0 Å². The summed E-state index contributed by atoms with van der Waals surface area (Å²) in [6.07, 6.45) is 7.68. The minimum Gasteiger partial charge on any atom is -0.381 e. The van der Waals surface area contributed by atoms with Crippen LogP contribution in [-0.4, -0.2) is 20.0 Å². The lowest BCUT2D eigenvalue weighted by Crippen LogP contribution is -1.96. The molecule has 0 aromatic rings. The Labute approximate surface area is 82.7 Å². The van der Waals surface area contributed by atoms with E-state index in [0.29, 0.717) is 0 Å². The molecule has 0 aliphatic carbocycles. The normalized spacial score (nSPS) is 9.08. The molecule has 0 aromatic heterocycles. The Morgan fingerprint density at radius 1 is 0.846 bits per heavy atom. The first-order valence-corrected chi connectivity index (χ1v) is 5.28. The van der Waals surface area contributed by atoms with E-state index in [-0.39, 0.29) is 0 Å². The number of unbranched alkanes of at least 4 members (excludes halogenated alkanes) is 4. The van der Waals surface area contributed by atoms with Crippen molar-refractivity contribution in [1.82, 2.24) is 0 Å². The highest BCUT2D eigenvalue weighted by Crippen LogP contribution is 1.97. The summed E-state index contributed by atoms with van der Waals surface area (Å²) in [5, 5.41) is 0. The topological polar surface area (TPSA) is 26.3 Å². The average Bonchev–Trinajstić information content (AvgIpc) is 2.20. The number of hydrogen-bond donors (Lipinski definition) is 0. The molecule has 2 heteroatoms. The van der Waals surface area contributed by atoms with Crippen molar-refractivity contribution in [3.05, 3.63) is 0 Å². The maximum atomic E-state index is 8.00. The van der Waals surface area contributed by atoms with Crippen molar-refractivity contribution in [2.24, 2.45) is 0 Å². The van der Waals surface area contributed by atoms with Gasteiger partial charge in [0.1, 0.15) is 6.79 Å². The van der Waals surface area contributed by atoms with Crippen molar-refractivity contribution in [2.45, 2.75) is 52.4 Å². The summed E-state index contributed by atoms with van der Waals surface area (Å²) < 4.78 is 5.44. The lowest BCUT2D eigenvalue weighted by Gasteiger charge is -2.01. The summed E-state index contributed by atoms with van der Waals surface area (Å²) in [5.41, 5.74) is 0. The molecule has 0 amide bonds. The van der Waals surface area contributed by atoms with Crippen molar-refractivity contribution in [3.63, 3.8) is 0 Å². The van der Waals surface area contributed by atoms with E-state index >= 15 is 0 Å². The SMILES string of the molecule is C=O.CCCCCOCCCCC. The van der Waals surface area contributed by atoms with Crippen LogP contribution in [0.4, 0.5) is 0 Å². The summed E-state index contributed by atoms with van der Waals surface area (Å²) in [6, 6.07) is 0. The minimum atomic E-state index is 0.970. The molecule has 0 N–H and O–H groups in total.